The molecule has 0 saturated carbocycles. The standard InChI is InChI=1S/C10H8N2S/c1-6-4-7-8(12-6)2-3-9-10(7)13-5-11-9/h2-5,12H,1H3. The van der Waals surface area contributed by atoms with Crippen molar-refractivity contribution in [1.29, 1.82) is 0 Å². The van der Waals surface area contributed by atoms with Crippen molar-refractivity contribution < 1.29 is 0 Å². The highest BCUT2D eigenvalue weighted by molar-refractivity contribution is 7.17. The molecule has 1 N–H and O–H groups in total. The summed E-state index contributed by atoms with van der Waals surface area (Å²) in [4.78, 5) is 7.60. The molecule has 0 aliphatic rings. The lowest BCUT2D eigenvalue weighted by Crippen LogP contribution is -1.69. The average Bonchev–Trinajstić information content (AvgIpc) is 2.65. The van der Waals surface area contributed by atoms with Crippen LogP contribution in [-0.2, 0) is 0 Å². The van der Waals surface area contributed by atoms with Gasteiger partial charge in [-0.1, -0.05) is 0 Å². The van der Waals surface area contributed by atoms with E-state index >= 15 is 0 Å². The highest BCUT2D eigenvalue weighted by Gasteiger charge is 2.04. The van der Waals surface area contributed by atoms with Crippen LogP contribution in [0.5, 0.6) is 0 Å². The molecular weight excluding hydrogens is 180 g/mol. The fraction of sp³-hybridized carbons (Fsp3) is 0.100. The summed E-state index contributed by atoms with van der Waals surface area (Å²) in [5.41, 5.74) is 5.40. The molecule has 64 valence electrons. The van der Waals surface area contributed by atoms with Crippen LogP contribution in [-0.4, -0.2) is 9.97 Å². The molecule has 0 amide bonds. The van der Waals surface area contributed by atoms with Crippen LogP contribution in [0.4, 0.5) is 0 Å². The van der Waals surface area contributed by atoms with Crippen LogP contribution in [0.15, 0.2) is 23.7 Å². The van der Waals surface area contributed by atoms with Crippen molar-refractivity contribution in [1.82, 2.24) is 9.97 Å². The van der Waals surface area contributed by atoms with Crippen LogP contribution in [0.3, 0.4) is 0 Å². The van der Waals surface area contributed by atoms with E-state index < -0.39 is 0 Å². The number of thiazole rings is 1. The summed E-state index contributed by atoms with van der Waals surface area (Å²) in [7, 11) is 0. The number of benzene rings is 1. The summed E-state index contributed by atoms with van der Waals surface area (Å²) < 4.78 is 1.28. The number of aromatic amines is 1. The van der Waals surface area contributed by atoms with Crippen molar-refractivity contribution >= 4 is 32.5 Å². The molecule has 0 aliphatic carbocycles. The van der Waals surface area contributed by atoms with Gasteiger partial charge in [0.15, 0.2) is 0 Å². The van der Waals surface area contributed by atoms with Gasteiger partial charge < -0.3 is 4.98 Å². The summed E-state index contributed by atoms with van der Waals surface area (Å²) >= 11 is 1.70. The summed E-state index contributed by atoms with van der Waals surface area (Å²) in [6, 6.07) is 6.32. The fourth-order valence-electron chi connectivity index (χ4n) is 1.67. The van der Waals surface area contributed by atoms with Gasteiger partial charge in [-0.3, -0.25) is 0 Å². The SMILES string of the molecule is Cc1cc2c(ccc3ncsc32)[nH]1. The molecule has 1 aromatic carbocycles. The molecule has 0 atom stereocenters. The lowest BCUT2D eigenvalue weighted by molar-refractivity contribution is 1.30. The highest BCUT2D eigenvalue weighted by Crippen LogP contribution is 2.28. The number of nitrogens with zero attached hydrogens (tertiary/aromatic N) is 1. The maximum absolute atomic E-state index is 4.28. The van der Waals surface area contributed by atoms with Gasteiger partial charge in [0, 0.05) is 16.6 Å². The van der Waals surface area contributed by atoms with Gasteiger partial charge in [-0.2, -0.15) is 0 Å². The van der Waals surface area contributed by atoms with E-state index in [1.165, 1.54) is 21.3 Å². The normalized spacial score (nSPS) is 11.5. The molecule has 0 fully saturated rings. The lowest BCUT2D eigenvalue weighted by atomic mass is 10.2. The fourth-order valence-corrected chi connectivity index (χ4v) is 2.48. The molecule has 2 nitrogen and oxygen atoms in total. The van der Waals surface area contributed by atoms with E-state index in [1.54, 1.807) is 11.3 Å². The molecule has 3 heteroatoms. The smallest absolute Gasteiger partial charge is 0.0819 e. The molecule has 0 spiro atoms. The Morgan fingerprint density at radius 2 is 2.31 bits per heavy atom. The second kappa shape index (κ2) is 2.33. The van der Waals surface area contributed by atoms with E-state index in [2.05, 4.69) is 35.1 Å². The van der Waals surface area contributed by atoms with Crippen molar-refractivity contribution in [2.45, 2.75) is 6.92 Å². The summed E-state index contributed by atoms with van der Waals surface area (Å²) in [5, 5.41) is 1.29. The molecule has 0 saturated heterocycles. The molecule has 0 unspecified atom stereocenters. The first-order valence-electron chi connectivity index (χ1n) is 4.16. The Labute approximate surface area is 79.2 Å². The van der Waals surface area contributed by atoms with E-state index in [0.717, 1.165) is 5.52 Å². The van der Waals surface area contributed by atoms with E-state index in [0.29, 0.717) is 0 Å². The Balaban J connectivity index is 2.64. The van der Waals surface area contributed by atoms with Crippen LogP contribution < -0.4 is 0 Å². The number of hydrogen-bond acceptors (Lipinski definition) is 2. The number of rotatable bonds is 0. The second-order valence-corrected chi connectivity index (χ2v) is 4.03. The Kier molecular flexibility index (Phi) is 1.27. The van der Waals surface area contributed by atoms with Crippen LogP contribution in [0.25, 0.3) is 21.1 Å². The number of H-pyrrole nitrogens is 1. The lowest BCUT2D eigenvalue weighted by Gasteiger charge is -1.89. The van der Waals surface area contributed by atoms with E-state index in [-0.39, 0.29) is 0 Å². The first-order valence-corrected chi connectivity index (χ1v) is 5.04. The third-order valence-corrected chi connectivity index (χ3v) is 3.11. The molecule has 2 aromatic heterocycles. The Morgan fingerprint density at radius 1 is 1.38 bits per heavy atom. The molecule has 0 radical (unpaired) electrons. The zero-order chi connectivity index (χ0) is 8.84. The van der Waals surface area contributed by atoms with Gasteiger partial charge in [0.2, 0.25) is 0 Å². The summed E-state index contributed by atoms with van der Waals surface area (Å²) in [6.07, 6.45) is 0. The monoisotopic (exact) mass is 188 g/mol. The van der Waals surface area contributed by atoms with E-state index in [1.807, 2.05) is 5.51 Å². The number of aromatic nitrogens is 2. The maximum Gasteiger partial charge on any atom is 0.0819 e. The van der Waals surface area contributed by atoms with Gasteiger partial charge in [0.05, 0.1) is 15.7 Å². The first kappa shape index (κ1) is 7.09. The topological polar surface area (TPSA) is 28.7 Å². The molecule has 13 heavy (non-hydrogen) atoms. The van der Waals surface area contributed by atoms with Crippen LogP contribution in [0, 0.1) is 6.92 Å². The first-order chi connectivity index (χ1) is 6.34. The third kappa shape index (κ3) is 0.906. The zero-order valence-electron chi connectivity index (χ0n) is 7.16. The van der Waals surface area contributed by atoms with Gasteiger partial charge >= 0.3 is 0 Å². The Hall–Kier alpha value is -1.35. The summed E-state index contributed by atoms with van der Waals surface area (Å²) in [6.45, 7) is 2.08. The number of fused-ring (bicyclic) bond motifs is 3. The number of hydrogen-bond donors (Lipinski definition) is 1. The molecule has 0 aliphatic heterocycles. The highest BCUT2D eigenvalue weighted by atomic mass is 32.1. The number of nitrogens with one attached hydrogen (secondary N) is 1. The van der Waals surface area contributed by atoms with Gasteiger partial charge in [-0.05, 0) is 25.1 Å². The summed E-state index contributed by atoms with van der Waals surface area (Å²) in [5.74, 6) is 0. The van der Waals surface area contributed by atoms with Crippen molar-refractivity contribution in [3.63, 3.8) is 0 Å². The van der Waals surface area contributed by atoms with Gasteiger partial charge in [-0.15, -0.1) is 11.3 Å². The second-order valence-electron chi connectivity index (χ2n) is 3.18. The molecule has 0 bridgehead atoms. The quantitative estimate of drug-likeness (QED) is 0.577. The van der Waals surface area contributed by atoms with Crippen molar-refractivity contribution in [3.8, 4) is 0 Å². The predicted molar refractivity (Wildman–Crippen MR) is 56.2 cm³/mol. The van der Waals surface area contributed by atoms with Gasteiger partial charge in [-0.25, -0.2) is 4.98 Å². The largest absolute Gasteiger partial charge is 0.359 e. The number of aryl methyl sites for hydroxylation is 1. The van der Waals surface area contributed by atoms with Crippen LogP contribution in [0.2, 0.25) is 0 Å². The minimum atomic E-state index is 1.09. The van der Waals surface area contributed by atoms with E-state index in [4.69, 9.17) is 0 Å². The average molecular weight is 188 g/mol. The molecular formula is C10H8N2S. The molecule has 3 rings (SSSR count). The zero-order valence-corrected chi connectivity index (χ0v) is 7.98. The minimum absolute atomic E-state index is 1.09. The van der Waals surface area contributed by atoms with Crippen LogP contribution in [0.1, 0.15) is 5.69 Å². The van der Waals surface area contributed by atoms with Gasteiger partial charge in [0.25, 0.3) is 0 Å². The van der Waals surface area contributed by atoms with E-state index in [9.17, 15) is 0 Å². The third-order valence-electron chi connectivity index (χ3n) is 2.23. The van der Waals surface area contributed by atoms with Crippen LogP contribution >= 0.6 is 11.3 Å². The Bertz CT molecular complexity index is 577. The van der Waals surface area contributed by atoms with Crippen molar-refractivity contribution in [2.24, 2.45) is 0 Å². The Morgan fingerprint density at radius 3 is 3.23 bits per heavy atom. The maximum atomic E-state index is 4.28. The minimum Gasteiger partial charge on any atom is -0.359 e. The van der Waals surface area contributed by atoms with Crippen molar-refractivity contribution in [3.05, 3.63) is 29.4 Å². The molecule has 2 heterocycles. The predicted octanol–water partition coefficient (Wildman–Crippen LogP) is 3.09. The van der Waals surface area contributed by atoms with Crippen molar-refractivity contribution in [2.75, 3.05) is 0 Å². The molecule has 3 aromatic rings. The van der Waals surface area contributed by atoms with Gasteiger partial charge in [0.1, 0.15) is 0 Å².